The van der Waals surface area contributed by atoms with Crippen LogP contribution in [-0.4, -0.2) is 43.6 Å². The SMILES string of the molecule is Oc1cc(-c2cn[nH]c2)cnc1-c1ccc(N2CCCC(C3CC3)C2)nn1. The van der Waals surface area contributed by atoms with Crippen molar-refractivity contribution < 1.29 is 5.11 Å². The van der Waals surface area contributed by atoms with Gasteiger partial charge in [-0.05, 0) is 55.7 Å². The van der Waals surface area contributed by atoms with Crippen LogP contribution in [0.3, 0.4) is 0 Å². The lowest BCUT2D eigenvalue weighted by atomic mass is 9.93. The second-order valence-electron chi connectivity index (χ2n) is 7.54. The molecule has 1 saturated heterocycles. The number of nitrogens with one attached hydrogen (secondary N) is 1. The van der Waals surface area contributed by atoms with Crippen LogP contribution < -0.4 is 4.90 Å². The molecule has 1 atom stereocenters. The molecule has 2 N–H and O–H groups in total. The van der Waals surface area contributed by atoms with Gasteiger partial charge in [-0.15, -0.1) is 10.2 Å². The van der Waals surface area contributed by atoms with Crippen LogP contribution >= 0.6 is 0 Å². The predicted octanol–water partition coefficient (Wildman–Crippen LogP) is 3.26. The molecule has 138 valence electrons. The first-order valence-electron chi connectivity index (χ1n) is 9.55. The largest absolute Gasteiger partial charge is 0.506 e. The summed E-state index contributed by atoms with van der Waals surface area (Å²) in [5.41, 5.74) is 2.69. The summed E-state index contributed by atoms with van der Waals surface area (Å²) in [4.78, 5) is 6.73. The number of aromatic hydroxyl groups is 1. The molecule has 27 heavy (non-hydrogen) atoms. The zero-order valence-corrected chi connectivity index (χ0v) is 15.0. The topological polar surface area (TPSA) is 90.8 Å². The fraction of sp³-hybridized carbons (Fsp3) is 0.400. The number of H-pyrrole nitrogens is 1. The molecule has 0 bridgehead atoms. The average Bonchev–Trinajstić information content (AvgIpc) is 3.42. The Morgan fingerprint density at radius 2 is 1.96 bits per heavy atom. The van der Waals surface area contributed by atoms with E-state index in [1.807, 2.05) is 12.1 Å². The molecule has 7 nitrogen and oxygen atoms in total. The highest BCUT2D eigenvalue weighted by Crippen LogP contribution is 2.41. The lowest BCUT2D eigenvalue weighted by Gasteiger charge is -2.33. The van der Waals surface area contributed by atoms with Gasteiger partial charge in [0.2, 0.25) is 0 Å². The second-order valence-corrected chi connectivity index (χ2v) is 7.54. The number of aromatic amines is 1. The minimum absolute atomic E-state index is 0.0857. The zero-order chi connectivity index (χ0) is 18.2. The standard InChI is InChI=1S/C20H22N6O/c27-18-8-15(16-10-22-23-11-16)9-21-20(18)17-5-6-19(25-24-17)26-7-1-2-14(12-26)13-3-4-13/h5-6,8-11,13-14,27H,1-4,7,12H2,(H,22,23). The van der Waals surface area contributed by atoms with E-state index in [4.69, 9.17) is 0 Å². The van der Waals surface area contributed by atoms with Crippen LogP contribution in [0, 0.1) is 11.8 Å². The predicted molar refractivity (Wildman–Crippen MR) is 102 cm³/mol. The number of rotatable bonds is 4. The molecular formula is C20H22N6O. The first-order valence-corrected chi connectivity index (χ1v) is 9.55. The van der Waals surface area contributed by atoms with Crippen LogP contribution in [0.4, 0.5) is 5.82 Å². The van der Waals surface area contributed by atoms with Gasteiger partial charge in [-0.25, -0.2) is 4.98 Å². The number of aromatic nitrogens is 5. The third kappa shape index (κ3) is 3.25. The molecule has 3 aromatic rings. The highest BCUT2D eigenvalue weighted by Gasteiger charge is 2.34. The van der Waals surface area contributed by atoms with Gasteiger partial charge in [0.25, 0.3) is 0 Å². The van der Waals surface area contributed by atoms with Crippen molar-refractivity contribution in [1.29, 1.82) is 0 Å². The maximum atomic E-state index is 10.4. The Hall–Kier alpha value is -2.96. The third-order valence-corrected chi connectivity index (χ3v) is 5.66. The molecule has 0 radical (unpaired) electrons. The Morgan fingerprint density at radius 1 is 1.04 bits per heavy atom. The van der Waals surface area contributed by atoms with Gasteiger partial charge >= 0.3 is 0 Å². The van der Waals surface area contributed by atoms with Crippen molar-refractivity contribution in [2.24, 2.45) is 11.8 Å². The number of nitrogens with zero attached hydrogens (tertiary/aromatic N) is 5. The molecule has 1 unspecified atom stereocenters. The van der Waals surface area contributed by atoms with Crippen LogP contribution in [-0.2, 0) is 0 Å². The summed E-state index contributed by atoms with van der Waals surface area (Å²) in [5, 5.41) is 25.8. The number of hydrogen-bond acceptors (Lipinski definition) is 6. The van der Waals surface area contributed by atoms with Gasteiger partial charge in [0.15, 0.2) is 5.82 Å². The smallest absolute Gasteiger partial charge is 0.151 e. The maximum Gasteiger partial charge on any atom is 0.151 e. The van der Waals surface area contributed by atoms with E-state index >= 15 is 0 Å². The summed E-state index contributed by atoms with van der Waals surface area (Å²) in [5.74, 6) is 2.73. The van der Waals surface area contributed by atoms with Crippen LogP contribution in [0.15, 0.2) is 36.8 Å². The zero-order valence-electron chi connectivity index (χ0n) is 15.0. The molecule has 4 heterocycles. The summed E-state index contributed by atoms with van der Waals surface area (Å²) in [6.45, 7) is 2.13. The van der Waals surface area contributed by atoms with Crippen LogP contribution in [0.1, 0.15) is 25.7 Å². The molecular weight excluding hydrogens is 340 g/mol. The maximum absolute atomic E-state index is 10.4. The third-order valence-electron chi connectivity index (χ3n) is 5.66. The van der Waals surface area contributed by atoms with E-state index in [2.05, 4.69) is 30.3 Å². The van der Waals surface area contributed by atoms with E-state index in [0.29, 0.717) is 11.4 Å². The Bertz CT molecular complexity index is 920. The Kier molecular flexibility index (Phi) is 3.99. The number of anilines is 1. The Balaban J connectivity index is 1.35. The van der Waals surface area contributed by atoms with Gasteiger partial charge in [0.05, 0.1) is 6.20 Å². The van der Waals surface area contributed by atoms with Crippen molar-refractivity contribution >= 4 is 5.82 Å². The molecule has 1 aliphatic heterocycles. The summed E-state index contributed by atoms with van der Waals surface area (Å²) in [6.07, 6.45) is 10.5. The first kappa shape index (κ1) is 16.2. The molecule has 2 fully saturated rings. The van der Waals surface area contributed by atoms with Crippen LogP contribution in [0.2, 0.25) is 0 Å². The fourth-order valence-electron chi connectivity index (χ4n) is 4.01. The fourth-order valence-corrected chi connectivity index (χ4v) is 4.01. The molecule has 7 heteroatoms. The van der Waals surface area contributed by atoms with Crippen molar-refractivity contribution in [2.45, 2.75) is 25.7 Å². The van der Waals surface area contributed by atoms with Crippen molar-refractivity contribution in [3.05, 3.63) is 36.8 Å². The van der Waals surface area contributed by atoms with Crippen molar-refractivity contribution in [2.75, 3.05) is 18.0 Å². The van der Waals surface area contributed by atoms with Crippen LogP contribution in [0.25, 0.3) is 22.5 Å². The average molecular weight is 362 g/mol. The monoisotopic (exact) mass is 362 g/mol. The minimum Gasteiger partial charge on any atom is -0.506 e. The van der Waals surface area contributed by atoms with E-state index < -0.39 is 0 Å². The van der Waals surface area contributed by atoms with E-state index in [0.717, 1.165) is 41.9 Å². The first-order chi connectivity index (χ1) is 13.3. The highest BCUT2D eigenvalue weighted by atomic mass is 16.3. The summed E-state index contributed by atoms with van der Waals surface area (Å²) < 4.78 is 0. The highest BCUT2D eigenvalue weighted by molar-refractivity contribution is 5.69. The second kappa shape index (κ2) is 6.64. The number of piperidine rings is 1. The molecule has 0 spiro atoms. The van der Waals surface area contributed by atoms with Gasteiger partial charge in [-0.3, -0.25) is 5.10 Å². The van der Waals surface area contributed by atoms with Gasteiger partial charge in [-0.2, -0.15) is 5.10 Å². The quantitative estimate of drug-likeness (QED) is 0.740. The Labute approximate surface area is 157 Å². The van der Waals surface area contributed by atoms with E-state index in [9.17, 15) is 5.11 Å². The number of hydrogen-bond donors (Lipinski definition) is 2. The summed E-state index contributed by atoms with van der Waals surface area (Å²) in [6, 6.07) is 5.55. The molecule has 5 rings (SSSR count). The van der Waals surface area contributed by atoms with Gasteiger partial charge in [-0.1, -0.05) is 0 Å². The summed E-state index contributed by atoms with van der Waals surface area (Å²) >= 11 is 0. The lowest BCUT2D eigenvalue weighted by molar-refractivity contribution is 0.372. The van der Waals surface area contributed by atoms with Crippen LogP contribution in [0.5, 0.6) is 5.75 Å². The minimum atomic E-state index is 0.0857. The Morgan fingerprint density at radius 3 is 2.67 bits per heavy atom. The molecule has 0 amide bonds. The van der Waals surface area contributed by atoms with Gasteiger partial charge in [0, 0.05) is 36.6 Å². The number of pyridine rings is 1. The normalized spacial score (nSPS) is 20.0. The molecule has 0 aromatic carbocycles. The molecule has 3 aromatic heterocycles. The molecule has 2 aliphatic rings. The van der Waals surface area contributed by atoms with Crippen molar-refractivity contribution in [1.82, 2.24) is 25.4 Å². The molecule has 1 saturated carbocycles. The van der Waals surface area contributed by atoms with Crippen molar-refractivity contribution in [3.63, 3.8) is 0 Å². The lowest BCUT2D eigenvalue weighted by Crippen LogP contribution is -2.36. The van der Waals surface area contributed by atoms with Gasteiger partial charge in [0.1, 0.15) is 17.1 Å². The van der Waals surface area contributed by atoms with E-state index in [-0.39, 0.29) is 5.75 Å². The van der Waals surface area contributed by atoms with Gasteiger partial charge < -0.3 is 10.0 Å². The van der Waals surface area contributed by atoms with E-state index in [1.165, 1.54) is 25.7 Å². The molecule has 1 aliphatic carbocycles. The van der Waals surface area contributed by atoms with Crippen molar-refractivity contribution in [3.8, 4) is 28.3 Å². The van der Waals surface area contributed by atoms with E-state index in [1.54, 1.807) is 24.7 Å². The summed E-state index contributed by atoms with van der Waals surface area (Å²) in [7, 11) is 0.